The quantitative estimate of drug-likeness (QED) is 0.180. The van der Waals surface area contributed by atoms with Crippen LogP contribution in [0.1, 0.15) is 27.8 Å². The normalized spacial score (nSPS) is 12.1. The molecular formula is C29H25F6N3. The summed E-state index contributed by atoms with van der Waals surface area (Å²) in [4.78, 5) is 4.14. The SMILES string of the molecule is FC(F)(F)c1ccc(C(=CCNCCNCc2cccc3cnccc23)c2ccc(C(F)(F)F)cc2)cc1. The molecule has 2 N–H and O–H groups in total. The first-order valence-electron chi connectivity index (χ1n) is 11.9. The van der Waals surface area contributed by atoms with Gasteiger partial charge >= 0.3 is 12.4 Å². The number of benzene rings is 3. The van der Waals surface area contributed by atoms with Crippen LogP contribution in [0.15, 0.2) is 91.3 Å². The lowest BCUT2D eigenvalue weighted by molar-refractivity contribution is -0.138. The molecule has 0 fully saturated rings. The maximum absolute atomic E-state index is 13.0. The van der Waals surface area contributed by atoms with Crippen LogP contribution in [0.5, 0.6) is 0 Å². The van der Waals surface area contributed by atoms with Crippen LogP contribution in [0.25, 0.3) is 16.3 Å². The predicted molar refractivity (Wildman–Crippen MR) is 136 cm³/mol. The molecule has 0 saturated heterocycles. The lowest BCUT2D eigenvalue weighted by atomic mass is 9.95. The van der Waals surface area contributed by atoms with E-state index in [1.54, 1.807) is 12.3 Å². The summed E-state index contributed by atoms with van der Waals surface area (Å²) >= 11 is 0. The third kappa shape index (κ3) is 6.99. The van der Waals surface area contributed by atoms with Crippen molar-refractivity contribution in [2.75, 3.05) is 19.6 Å². The summed E-state index contributed by atoms with van der Waals surface area (Å²) in [7, 11) is 0. The first-order chi connectivity index (χ1) is 18.1. The molecule has 9 heteroatoms. The molecule has 0 atom stereocenters. The lowest BCUT2D eigenvalue weighted by Gasteiger charge is -2.13. The molecule has 198 valence electrons. The van der Waals surface area contributed by atoms with Crippen molar-refractivity contribution in [3.05, 3.63) is 119 Å². The molecule has 3 nitrogen and oxygen atoms in total. The molecule has 0 aliphatic heterocycles. The number of pyridine rings is 1. The van der Waals surface area contributed by atoms with Crippen molar-refractivity contribution in [1.29, 1.82) is 0 Å². The summed E-state index contributed by atoms with van der Waals surface area (Å²) in [6, 6.07) is 17.2. The molecule has 38 heavy (non-hydrogen) atoms. The van der Waals surface area contributed by atoms with Crippen LogP contribution in [0.3, 0.4) is 0 Å². The van der Waals surface area contributed by atoms with Gasteiger partial charge in [0.2, 0.25) is 0 Å². The van der Waals surface area contributed by atoms with Crippen molar-refractivity contribution >= 4 is 16.3 Å². The van der Waals surface area contributed by atoms with Crippen LogP contribution >= 0.6 is 0 Å². The Hall–Kier alpha value is -3.69. The number of hydrogen-bond donors (Lipinski definition) is 2. The van der Waals surface area contributed by atoms with E-state index in [-0.39, 0.29) is 0 Å². The van der Waals surface area contributed by atoms with Crippen molar-refractivity contribution in [2.24, 2.45) is 0 Å². The zero-order chi connectivity index (χ0) is 27.2. The fourth-order valence-electron chi connectivity index (χ4n) is 4.10. The van der Waals surface area contributed by atoms with E-state index >= 15 is 0 Å². The lowest BCUT2D eigenvalue weighted by Crippen LogP contribution is -2.27. The molecule has 0 bridgehead atoms. The van der Waals surface area contributed by atoms with Crippen molar-refractivity contribution in [3.8, 4) is 0 Å². The van der Waals surface area contributed by atoms with Crippen LogP contribution in [-0.4, -0.2) is 24.6 Å². The van der Waals surface area contributed by atoms with E-state index in [1.807, 2.05) is 30.5 Å². The number of hydrogen-bond acceptors (Lipinski definition) is 3. The molecule has 0 aliphatic carbocycles. The monoisotopic (exact) mass is 529 g/mol. The highest BCUT2D eigenvalue weighted by Crippen LogP contribution is 2.33. The van der Waals surface area contributed by atoms with E-state index in [1.165, 1.54) is 24.3 Å². The van der Waals surface area contributed by atoms with Gasteiger partial charge < -0.3 is 10.6 Å². The van der Waals surface area contributed by atoms with Gasteiger partial charge in [0.15, 0.2) is 0 Å². The summed E-state index contributed by atoms with van der Waals surface area (Å²) in [6.45, 7) is 2.31. The van der Waals surface area contributed by atoms with Crippen molar-refractivity contribution in [3.63, 3.8) is 0 Å². The summed E-state index contributed by atoms with van der Waals surface area (Å²) < 4.78 is 78.0. The molecule has 0 radical (unpaired) electrons. The summed E-state index contributed by atoms with van der Waals surface area (Å²) in [5.41, 5.74) is 1.06. The molecule has 0 saturated carbocycles. The van der Waals surface area contributed by atoms with Crippen molar-refractivity contribution in [1.82, 2.24) is 15.6 Å². The minimum atomic E-state index is -4.48. The first-order valence-corrected chi connectivity index (χ1v) is 11.9. The fourth-order valence-corrected chi connectivity index (χ4v) is 4.10. The Morgan fingerprint density at radius 3 is 1.87 bits per heavy atom. The molecule has 4 rings (SSSR count). The molecule has 0 amide bonds. The molecule has 1 heterocycles. The number of nitrogens with zero attached hydrogens (tertiary/aromatic N) is 1. The molecular weight excluding hydrogens is 504 g/mol. The minimum absolute atomic E-state index is 0.374. The van der Waals surface area contributed by atoms with Gasteiger partial charge in [0.05, 0.1) is 11.1 Å². The van der Waals surface area contributed by atoms with Gasteiger partial charge in [-0.05, 0) is 58.0 Å². The molecule has 1 aromatic heterocycles. The molecule has 0 unspecified atom stereocenters. The van der Waals surface area contributed by atoms with E-state index in [0.29, 0.717) is 42.9 Å². The topological polar surface area (TPSA) is 37.0 Å². The standard InChI is InChI=1S/C29H25F6N3/c30-28(31,32)24-8-4-20(5-9-24)26(21-6-10-25(11-7-21)29(33,34)35)12-14-36-16-17-38-19-23-3-1-2-22-18-37-15-13-27(22)23/h1-13,15,18,36,38H,14,16-17,19H2. The average Bonchev–Trinajstić information content (AvgIpc) is 2.89. The Kier molecular flexibility index (Phi) is 8.48. The van der Waals surface area contributed by atoms with E-state index < -0.39 is 23.5 Å². The molecule has 3 aromatic carbocycles. The van der Waals surface area contributed by atoms with Crippen LogP contribution < -0.4 is 10.6 Å². The fraction of sp³-hybridized carbons (Fsp3) is 0.207. The maximum Gasteiger partial charge on any atom is 0.416 e. The number of nitrogens with one attached hydrogen (secondary N) is 2. The highest BCUT2D eigenvalue weighted by atomic mass is 19.4. The van der Waals surface area contributed by atoms with Crippen LogP contribution in [-0.2, 0) is 18.9 Å². The van der Waals surface area contributed by atoms with Gasteiger partial charge in [0, 0.05) is 44.0 Å². The van der Waals surface area contributed by atoms with E-state index in [2.05, 4.69) is 15.6 Å². The second kappa shape index (κ2) is 11.8. The number of fused-ring (bicyclic) bond motifs is 1. The molecule has 0 aliphatic rings. The predicted octanol–water partition coefficient (Wildman–Crippen LogP) is 7.08. The second-order valence-corrected chi connectivity index (χ2v) is 8.66. The largest absolute Gasteiger partial charge is 0.416 e. The number of aromatic nitrogens is 1. The van der Waals surface area contributed by atoms with Crippen LogP contribution in [0.2, 0.25) is 0 Å². The van der Waals surface area contributed by atoms with E-state index in [4.69, 9.17) is 0 Å². The highest BCUT2D eigenvalue weighted by molar-refractivity contribution is 5.84. The van der Waals surface area contributed by atoms with Gasteiger partial charge in [-0.15, -0.1) is 0 Å². The third-order valence-corrected chi connectivity index (χ3v) is 6.06. The highest BCUT2D eigenvalue weighted by Gasteiger charge is 2.31. The minimum Gasteiger partial charge on any atom is -0.312 e. The van der Waals surface area contributed by atoms with Gasteiger partial charge in [0.1, 0.15) is 0 Å². The Balaban J connectivity index is 1.40. The van der Waals surface area contributed by atoms with Crippen molar-refractivity contribution < 1.29 is 26.3 Å². The van der Waals surface area contributed by atoms with Crippen LogP contribution in [0, 0.1) is 0 Å². The number of alkyl halides is 6. The van der Waals surface area contributed by atoms with Gasteiger partial charge in [-0.2, -0.15) is 26.3 Å². The zero-order valence-corrected chi connectivity index (χ0v) is 20.2. The van der Waals surface area contributed by atoms with E-state index in [0.717, 1.165) is 40.6 Å². The number of rotatable bonds is 9. The smallest absolute Gasteiger partial charge is 0.312 e. The Morgan fingerprint density at radius 2 is 1.29 bits per heavy atom. The van der Waals surface area contributed by atoms with Crippen molar-refractivity contribution in [2.45, 2.75) is 18.9 Å². The molecule has 0 spiro atoms. The Morgan fingerprint density at radius 1 is 0.711 bits per heavy atom. The average molecular weight is 530 g/mol. The van der Waals surface area contributed by atoms with Gasteiger partial charge in [-0.1, -0.05) is 48.5 Å². The Labute approximate surface area is 216 Å². The van der Waals surface area contributed by atoms with Gasteiger partial charge in [-0.25, -0.2) is 0 Å². The van der Waals surface area contributed by atoms with Crippen LogP contribution in [0.4, 0.5) is 26.3 Å². The van der Waals surface area contributed by atoms with E-state index in [9.17, 15) is 26.3 Å². The third-order valence-electron chi connectivity index (χ3n) is 6.06. The number of halogens is 6. The van der Waals surface area contributed by atoms with Gasteiger partial charge in [-0.3, -0.25) is 4.98 Å². The summed E-state index contributed by atoms with van der Waals surface area (Å²) in [5, 5.41) is 8.80. The maximum atomic E-state index is 13.0. The Bertz CT molecular complexity index is 1310. The first kappa shape index (κ1) is 27.3. The molecule has 4 aromatic rings. The summed E-state index contributed by atoms with van der Waals surface area (Å²) in [6.07, 6.45) is -3.62. The summed E-state index contributed by atoms with van der Waals surface area (Å²) in [5.74, 6) is 0. The van der Waals surface area contributed by atoms with Gasteiger partial charge in [0.25, 0.3) is 0 Å². The second-order valence-electron chi connectivity index (χ2n) is 8.66. The zero-order valence-electron chi connectivity index (χ0n) is 20.2.